The summed E-state index contributed by atoms with van der Waals surface area (Å²) < 4.78 is 29.6. The van der Waals surface area contributed by atoms with Gasteiger partial charge >= 0.3 is 18.1 Å². The van der Waals surface area contributed by atoms with Crippen molar-refractivity contribution in [1.29, 1.82) is 0 Å². The molecule has 0 radical (unpaired) electrons. The van der Waals surface area contributed by atoms with E-state index in [2.05, 4.69) is 0 Å². The highest BCUT2D eigenvalue weighted by molar-refractivity contribution is 6.75. The van der Waals surface area contributed by atoms with E-state index in [0.29, 0.717) is 0 Å². The van der Waals surface area contributed by atoms with Crippen molar-refractivity contribution in [2.75, 3.05) is 0 Å². The van der Waals surface area contributed by atoms with Gasteiger partial charge in [-0.25, -0.2) is 9.59 Å². The van der Waals surface area contributed by atoms with Crippen LogP contribution < -0.4 is 0 Å². The lowest BCUT2D eigenvalue weighted by molar-refractivity contribution is -0.192. The van der Waals surface area contributed by atoms with Gasteiger partial charge in [0.25, 0.3) is 3.79 Å². The molecule has 0 aliphatic rings. The van der Waals surface area contributed by atoms with Crippen LogP contribution in [0.3, 0.4) is 0 Å². The van der Waals surface area contributed by atoms with Gasteiger partial charge in [-0.3, -0.25) is 0 Å². The highest BCUT2D eigenvalue weighted by Crippen LogP contribution is 2.25. The molecule has 0 spiro atoms. The molecule has 0 bridgehead atoms. The summed E-state index contributed by atoms with van der Waals surface area (Å²) in [6.07, 6.45) is -5.08. The van der Waals surface area contributed by atoms with Gasteiger partial charge < -0.3 is 10.2 Å². The Morgan fingerprint density at radius 1 is 0.929 bits per heavy atom. The lowest BCUT2D eigenvalue weighted by atomic mass is 10.7. The Morgan fingerprint density at radius 2 is 1.07 bits per heavy atom. The molecular weight excluding hydrogens is 275 g/mol. The van der Waals surface area contributed by atoms with Crippen molar-refractivity contribution < 1.29 is 33.0 Å². The van der Waals surface area contributed by atoms with Crippen molar-refractivity contribution in [2.45, 2.75) is 9.97 Å². The van der Waals surface area contributed by atoms with Crippen LogP contribution in [0.1, 0.15) is 0 Å². The van der Waals surface area contributed by atoms with E-state index in [1.54, 1.807) is 0 Å². The fourth-order valence-corrected chi connectivity index (χ4v) is 0. The summed E-state index contributed by atoms with van der Waals surface area (Å²) in [4.78, 5) is 18.5. The first kappa shape index (κ1) is 16.0. The summed E-state index contributed by atoms with van der Waals surface area (Å²) >= 11 is 14.4. The number of carbonyl (C=O) groups is 2. The van der Waals surface area contributed by atoms with Gasteiger partial charge in [-0.2, -0.15) is 13.2 Å². The maximum Gasteiger partial charge on any atom is 0.490 e. The van der Waals surface area contributed by atoms with Gasteiger partial charge in [0.2, 0.25) is 0 Å². The zero-order valence-corrected chi connectivity index (χ0v) is 8.25. The number of carboxylic acid groups (broad SMARTS) is 2. The van der Waals surface area contributed by atoms with Gasteiger partial charge in [0, 0.05) is 0 Å². The Labute approximate surface area is 90.2 Å². The van der Waals surface area contributed by atoms with Gasteiger partial charge in [-0.05, 0) is 0 Å². The van der Waals surface area contributed by atoms with Crippen LogP contribution in [0.25, 0.3) is 0 Å². The minimum Gasteiger partial charge on any atom is -0.478 e. The topological polar surface area (TPSA) is 74.6 Å². The molecule has 0 rings (SSSR count). The lowest BCUT2D eigenvalue weighted by Crippen LogP contribution is -2.21. The molecule has 0 saturated heterocycles. The van der Waals surface area contributed by atoms with Crippen LogP contribution in [-0.2, 0) is 9.59 Å². The zero-order chi connectivity index (χ0) is 12.2. The molecule has 0 aliphatic carbocycles. The number of carboxylic acids is 2. The zero-order valence-electron chi connectivity index (χ0n) is 5.98. The van der Waals surface area contributed by atoms with E-state index >= 15 is 0 Å². The van der Waals surface area contributed by atoms with Gasteiger partial charge in [-0.15, -0.1) is 0 Å². The summed E-state index contributed by atoms with van der Waals surface area (Å²) in [6, 6.07) is 0. The first-order valence-electron chi connectivity index (χ1n) is 2.49. The Morgan fingerprint density at radius 3 is 1.07 bits per heavy atom. The third-order valence-electron chi connectivity index (χ3n) is 0.485. The van der Waals surface area contributed by atoms with Crippen molar-refractivity contribution in [3.05, 3.63) is 0 Å². The van der Waals surface area contributed by atoms with E-state index in [0.717, 1.165) is 0 Å². The molecule has 4 nitrogen and oxygen atoms in total. The largest absolute Gasteiger partial charge is 0.490 e. The number of alkyl halides is 6. The number of halogens is 6. The van der Waals surface area contributed by atoms with Gasteiger partial charge in [-0.1, -0.05) is 34.8 Å². The van der Waals surface area contributed by atoms with Crippen LogP contribution >= 0.6 is 34.8 Å². The average Bonchev–Trinajstić information content (AvgIpc) is 1.83. The highest BCUT2D eigenvalue weighted by atomic mass is 35.6. The van der Waals surface area contributed by atoms with E-state index in [1.165, 1.54) is 0 Å². The predicted molar refractivity (Wildman–Crippen MR) is 41.6 cm³/mol. The molecule has 84 valence electrons. The highest BCUT2D eigenvalue weighted by Gasteiger charge is 2.38. The number of hydrogen-bond acceptors (Lipinski definition) is 2. The Bertz CT molecular complexity index is 197. The number of hydrogen-bond donors (Lipinski definition) is 2. The van der Waals surface area contributed by atoms with Crippen LogP contribution in [0.2, 0.25) is 0 Å². The minimum absolute atomic E-state index is 1.46. The standard InChI is InChI=1S/C2HCl3O2.C2HF3O2/c2*3-2(4,5)1(6)7/h2*(H,6,7). The monoisotopic (exact) mass is 276 g/mol. The second-order valence-electron chi connectivity index (χ2n) is 1.61. The first-order chi connectivity index (χ1) is 5.89. The molecule has 0 atom stereocenters. The molecule has 0 aromatic rings. The first-order valence-corrected chi connectivity index (χ1v) is 3.62. The fourth-order valence-electron chi connectivity index (χ4n) is 0. The second-order valence-corrected chi connectivity index (χ2v) is 3.89. The van der Waals surface area contributed by atoms with Gasteiger partial charge in [0.05, 0.1) is 0 Å². The van der Waals surface area contributed by atoms with Crippen LogP contribution in [0.4, 0.5) is 13.2 Å². The molecule has 0 fully saturated rings. The summed E-state index contributed by atoms with van der Waals surface area (Å²) in [5.41, 5.74) is 0. The Kier molecular flexibility index (Phi) is 6.27. The maximum atomic E-state index is 10.6. The van der Waals surface area contributed by atoms with E-state index in [4.69, 9.17) is 49.8 Å². The van der Waals surface area contributed by atoms with Crippen molar-refractivity contribution in [1.82, 2.24) is 0 Å². The quantitative estimate of drug-likeness (QED) is 0.665. The summed E-state index contributed by atoms with van der Waals surface area (Å²) in [5.74, 6) is -4.22. The van der Waals surface area contributed by atoms with Crippen LogP contribution in [0.15, 0.2) is 0 Å². The molecular formula is C4H2Cl3F3O4. The second kappa shape index (κ2) is 5.47. The van der Waals surface area contributed by atoms with Crippen LogP contribution in [0, 0.1) is 0 Å². The van der Waals surface area contributed by atoms with E-state index in [1.807, 2.05) is 0 Å². The lowest BCUT2D eigenvalue weighted by Gasteiger charge is -1.99. The Balaban J connectivity index is 0. The van der Waals surface area contributed by atoms with E-state index in [-0.39, 0.29) is 0 Å². The molecule has 0 saturated carbocycles. The van der Waals surface area contributed by atoms with E-state index < -0.39 is 21.9 Å². The third kappa shape index (κ3) is 9.69. The van der Waals surface area contributed by atoms with Gasteiger partial charge in [0.1, 0.15) is 0 Å². The molecule has 0 amide bonds. The van der Waals surface area contributed by atoms with Gasteiger partial charge in [0.15, 0.2) is 0 Å². The molecule has 10 heteroatoms. The molecule has 0 aromatic heterocycles. The van der Waals surface area contributed by atoms with Crippen molar-refractivity contribution in [3.8, 4) is 0 Å². The Hall–Kier alpha value is -0.400. The molecule has 0 unspecified atom stereocenters. The predicted octanol–water partition coefficient (Wildman–Crippen LogP) is 2.07. The summed E-state index contributed by atoms with van der Waals surface area (Å²) in [6.45, 7) is 0. The van der Waals surface area contributed by atoms with E-state index in [9.17, 15) is 18.0 Å². The minimum atomic E-state index is -5.08. The smallest absolute Gasteiger partial charge is 0.478 e. The van der Waals surface area contributed by atoms with Crippen LogP contribution in [-0.4, -0.2) is 32.1 Å². The van der Waals surface area contributed by atoms with Crippen molar-refractivity contribution in [3.63, 3.8) is 0 Å². The molecule has 0 heterocycles. The maximum absolute atomic E-state index is 10.6. The summed E-state index contributed by atoms with van der Waals surface area (Å²) in [7, 11) is 0. The van der Waals surface area contributed by atoms with Crippen LogP contribution in [0.5, 0.6) is 0 Å². The number of aliphatic carboxylic acids is 2. The average molecular weight is 277 g/mol. The molecule has 14 heavy (non-hydrogen) atoms. The molecule has 2 N–H and O–H groups in total. The van der Waals surface area contributed by atoms with Crippen molar-refractivity contribution >= 4 is 46.7 Å². The molecule has 0 aliphatic heterocycles. The molecule has 0 aromatic carbocycles. The number of rotatable bonds is 0. The van der Waals surface area contributed by atoms with Crippen molar-refractivity contribution in [2.24, 2.45) is 0 Å². The summed E-state index contributed by atoms with van der Waals surface area (Å²) in [5, 5.41) is 15.0. The SMILES string of the molecule is O=C(O)C(Cl)(Cl)Cl.O=C(O)C(F)(F)F. The third-order valence-corrected chi connectivity index (χ3v) is 0.970. The normalized spacial score (nSPS) is 11.3. The fraction of sp³-hybridized carbons (Fsp3) is 0.500.